The van der Waals surface area contributed by atoms with Crippen molar-refractivity contribution in [3.8, 4) is 5.75 Å². The van der Waals surface area contributed by atoms with Crippen LogP contribution in [0.15, 0.2) is 23.1 Å². The summed E-state index contributed by atoms with van der Waals surface area (Å²) in [5.74, 6) is 0.178. The van der Waals surface area contributed by atoms with Crippen LogP contribution in [0.2, 0.25) is 0 Å². The summed E-state index contributed by atoms with van der Waals surface area (Å²) < 4.78 is 37.7. The van der Waals surface area contributed by atoms with Crippen molar-refractivity contribution in [2.75, 3.05) is 59.6 Å². The molecule has 0 atom stereocenters. The van der Waals surface area contributed by atoms with Gasteiger partial charge in [0.15, 0.2) is 0 Å². The van der Waals surface area contributed by atoms with Gasteiger partial charge in [-0.05, 0) is 31.2 Å². The predicted octanol–water partition coefficient (Wildman–Crippen LogP) is 0.573. The first-order valence-electron chi connectivity index (χ1n) is 8.80. The second-order valence-corrected chi connectivity index (χ2v) is 8.21. The SMILES string of the molecule is COc1ccc(S(=O)(=O)N2CCOCC2)cc1C(=O)N1CCCNCC1.Cl. The van der Waals surface area contributed by atoms with Crippen LogP contribution in [-0.2, 0) is 14.8 Å². The lowest BCUT2D eigenvalue weighted by molar-refractivity contribution is 0.0729. The zero-order valence-electron chi connectivity index (χ0n) is 15.3. The number of hydrogen-bond acceptors (Lipinski definition) is 6. The highest BCUT2D eigenvalue weighted by atomic mass is 35.5. The Balaban J connectivity index is 0.00000261. The lowest BCUT2D eigenvalue weighted by atomic mass is 10.1. The third-order valence-electron chi connectivity index (χ3n) is 4.64. The first-order valence-corrected chi connectivity index (χ1v) is 10.2. The Bertz CT molecular complexity index is 745. The first kappa shape index (κ1) is 21.9. The van der Waals surface area contributed by atoms with E-state index in [4.69, 9.17) is 9.47 Å². The summed E-state index contributed by atoms with van der Waals surface area (Å²) in [5, 5.41) is 3.25. The third-order valence-corrected chi connectivity index (χ3v) is 6.53. The molecule has 2 heterocycles. The number of halogens is 1. The summed E-state index contributed by atoms with van der Waals surface area (Å²) in [7, 11) is -2.19. The highest BCUT2D eigenvalue weighted by Gasteiger charge is 2.29. The molecule has 0 bridgehead atoms. The molecule has 8 nitrogen and oxygen atoms in total. The molecule has 0 aliphatic carbocycles. The van der Waals surface area contributed by atoms with Crippen LogP contribution < -0.4 is 10.1 Å². The fourth-order valence-electron chi connectivity index (χ4n) is 3.17. The standard InChI is InChI=1S/C17H25N3O5S.ClH/c1-24-16-4-3-14(26(22,23)20-9-11-25-12-10-20)13-15(16)17(21)19-7-2-5-18-6-8-19;/h3-4,13,18H,2,5-12H2,1H3;1H. The Morgan fingerprint density at radius 1 is 1.15 bits per heavy atom. The number of benzene rings is 1. The van der Waals surface area contributed by atoms with Gasteiger partial charge in [0.1, 0.15) is 5.75 Å². The van der Waals surface area contributed by atoms with Gasteiger partial charge in [0, 0.05) is 32.7 Å². The van der Waals surface area contributed by atoms with Gasteiger partial charge >= 0.3 is 0 Å². The number of morpholine rings is 1. The highest BCUT2D eigenvalue weighted by Crippen LogP contribution is 2.26. The topological polar surface area (TPSA) is 88.2 Å². The molecule has 2 saturated heterocycles. The van der Waals surface area contributed by atoms with E-state index in [0.29, 0.717) is 45.1 Å². The minimum Gasteiger partial charge on any atom is -0.496 e. The van der Waals surface area contributed by atoms with Crippen molar-refractivity contribution in [2.45, 2.75) is 11.3 Å². The van der Waals surface area contributed by atoms with Gasteiger partial charge in [-0.25, -0.2) is 8.42 Å². The van der Waals surface area contributed by atoms with E-state index >= 15 is 0 Å². The number of carbonyl (C=O) groups is 1. The van der Waals surface area contributed by atoms with Gasteiger partial charge in [-0.15, -0.1) is 12.4 Å². The second kappa shape index (κ2) is 9.70. The van der Waals surface area contributed by atoms with Crippen molar-refractivity contribution in [3.05, 3.63) is 23.8 Å². The van der Waals surface area contributed by atoms with Gasteiger partial charge in [0.25, 0.3) is 5.91 Å². The maximum Gasteiger partial charge on any atom is 0.257 e. The van der Waals surface area contributed by atoms with Gasteiger partial charge in [-0.1, -0.05) is 0 Å². The second-order valence-electron chi connectivity index (χ2n) is 6.27. The number of ether oxygens (including phenoxy) is 2. The van der Waals surface area contributed by atoms with E-state index in [0.717, 1.165) is 19.5 Å². The number of amides is 1. The van der Waals surface area contributed by atoms with E-state index in [1.807, 2.05) is 0 Å². The fourth-order valence-corrected chi connectivity index (χ4v) is 4.60. The largest absolute Gasteiger partial charge is 0.496 e. The van der Waals surface area contributed by atoms with Crippen molar-refractivity contribution in [1.29, 1.82) is 0 Å². The molecule has 2 aliphatic heterocycles. The van der Waals surface area contributed by atoms with Gasteiger partial charge in [0.2, 0.25) is 10.0 Å². The molecule has 0 aromatic heterocycles. The number of nitrogens with zero attached hydrogens (tertiary/aromatic N) is 2. The molecule has 152 valence electrons. The minimum absolute atomic E-state index is 0. The maximum atomic E-state index is 13.0. The molecule has 2 fully saturated rings. The summed E-state index contributed by atoms with van der Waals surface area (Å²) in [5.41, 5.74) is 0.281. The average Bonchev–Trinajstić information content (AvgIpc) is 2.97. The number of rotatable bonds is 4. The lowest BCUT2D eigenvalue weighted by Crippen LogP contribution is -2.40. The summed E-state index contributed by atoms with van der Waals surface area (Å²) in [4.78, 5) is 14.8. The third kappa shape index (κ3) is 4.91. The van der Waals surface area contributed by atoms with Crippen LogP contribution in [-0.4, -0.2) is 83.1 Å². The number of sulfonamides is 1. The van der Waals surface area contributed by atoms with Crippen molar-refractivity contribution in [3.63, 3.8) is 0 Å². The van der Waals surface area contributed by atoms with E-state index in [2.05, 4.69) is 5.32 Å². The van der Waals surface area contributed by atoms with Gasteiger partial charge in [-0.2, -0.15) is 4.31 Å². The average molecular weight is 420 g/mol. The number of nitrogens with one attached hydrogen (secondary N) is 1. The minimum atomic E-state index is -3.67. The van der Waals surface area contributed by atoms with E-state index < -0.39 is 10.0 Å². The van der Waals surface area contributed by atoms with Crippen molar-refractivity contribution in [1.82, 2.24) is 14.5 Å². The lowest BCUT2D eigenvalue weighted by Gasteiger charge is -2.26. The highest BCUT2D eigenvalue weighted by molar-refractivity contribution is 7.89. The molecular weight excluding hydrogens is 394 g/mol. The monoisotopic (exact) mass is 419 g/mol. The molecule has 0 saturated carbocycles. The fraction of sp³-hybridized carbons (Fsp3) is 0.588. The molecule has 0 unspecified atom stereocenters. The normalized spacial score (nSPS) is 19.1. The number of hydrogen-bond donors (Lipinski definition) is 1. The molecule has 1 N–H and O–H groups in total. The van der Waals surface area contributed by atoms with Crippen LogP contribution in [0.3, 0.4) is 0 Å². The van der Waals surface area contributed by atoms with Crippen LogP contribution >= 0.6 is 12.4 Å². The van der Waals surface area contributed by atoms with E-state index in [1.165, 1.54) is 23.5 Å². The maximum absolute atomic E-state index is 13.0. The van der Waals surface area contributed by atoms with Crippen molar-refractivity contribution >= 4 is 28.3 Å². The quantitative estimate of drug-likeness (QED) is 0.767. The number of carbonyl (C=O) groups excluding carboxylic acids is 1. The molecule has 10 heteroatoms. The molecule has 1 amide bonds. The zero-order valence-corrected chi connectivity index (χ0v) is 17.0. The Kier molecular flexibility index (Phi) is 7.87. The Morgan fingerprint density at radius 2 is 1.89 bits per heavy atom. The zero-order chi connectivity index (χ0) is 18.6. The van der Waals surface area contributed by atoms with E-state index in [9.17, 15) is 13.2 Å². The molecule has 1 aromatic carbocycles. The number of methoxy groups -OCH3 is 1. The molecule has 0 spiro atoms. The van der Waals surface area contributed by atoms with E-state index in [-0.39, 0.29) is 28.8 Å². The molecule has 2 aliphatic rings. The van der Waals surface area contributed by atoms with Crippen LogP contribution in [0, 0.1) is 0 Å². The van der Waals surface area contributed by atoms with Gasteiger partial charge in [0.05, 0.1) is 30.8 Å². The van der Waals surface area contributed by atoms with Crippen molar-refractivity contribution < 1.29 is 22.7 Å². The van der Waals surface area contributed by atoms with Gasteiger partial charge < -0.3 is 19.7 Å². The molecular formula is C17H26ClN3O5S. The van der Waals surface area contributed by atoms with E-state index in [1.54, 1.807) is 11.0 Å². The summed E-state index contributed by atoms with van der Waals surface area (Å²) in [6, 6.07) is 4.48. The summed E-state index contributed by atoms with van der Waals surface area (Å²) in [6.45, 7) is 4.19. The molecule has 27 heavy (non-hydrogen) atoms. The van der Waals surface area contributed by atoms with Crippen LogP contribution in [0.25, 0.3) is 0 Å². The molecule has 3 rings (SSSR count). The van der Waals surface area contributed by atoms with Crippen LogP contribution in [0.5, 0.6) is 5.75 Å². The predicted molar refractivity (Wildman–Crippen MR) is 103 cm³/mol. The van der Waals surface area contributed by atoms with Gasteiger partial charge in [-0.3, -0.25) is 4.79 Å². The Labute approximate surface area is 166 Å². The Morgan fingerprint density at radius 3 is 2.59 bits per heavy atom. The molecule has 0 radical (unpaired) electrons. The Hall–Kier alpha value is -1.39. The van der Waals surface area contributed by atoms with Crippen molar-refractivity contribution in [2.24, 2.45) is 0 Å². The summed E-state index contributed by atoms with van der Waals surface area (Å²) in [6.07, 6.45) is 0.861. The van der Waals surface area contributed by atoms with Crippen LogP contribution in [0.4, 0.5) is 0 Å². The smallest absolute Gasteiger partial charge is 0.257 e. The summed E-state index contributed by atoms with van der Waals surface area (Å²) >= 11 is 0. The van der Waals surface area contributed by atoms with Crippen LogP contribution in [0.1, 0.15) is 16.8 Å². The molecule has 1 aromatic rings. The first-order chi connectivity index (χ1) is 12.5.